The number of rotatable bonds is 6. The lowest BCUT2D eigenvalue weighted by Crippen LogP contribution is -2.53. The molecule has 4 atom stereocenters. The zero-order valence-corrected chi connectivity index (χ0v) is 19.9. The Morgan fingerprint density at radius 3 is 2.77 bits per heavy atom. The molecule has 180 valence electrons. The van der Waals surface area contributed by atoms with Gasteiger partial charge in [-0.3, -0.25) is 24.6 Å². The smallest absolute Gasteiger partial charge is 0.250 e. The Hall–Kier alpha value is -3.20. The molecule has 9 heteroatoms. The first-order chi connectivity index (χ1) is 17.0. The number of nitrogens with zero attached hydrogens (tertiary/aromatic N) is 1. The third-order valence-corrected chi connectivity index (χ3v) is 7.85. The van der Waals surface area contributed by atoms with E-state index in [9.17, 15) is 14.4 Å². The maximum Gasteiger partial charge on any atom is 0.250 e. The number of benzene rings is 2. The maximum absolute atomic E-state index is 13.8. The summed E-state index contributed by atoms with van der Waals surface area (Å²) in [4.78, 5) is 45.6. The van der Waals surface area contributed by atoms with Crippen LogP contribution in [0.5, 0.6) is 0 Å². The summed E-state index contributed by atoms with van der Waals surface area (Å²) in [5, 5.41) is 7.91. The number of likely N-dealkylation sites (tertiary alicyclic amines) is 1. The van der Waals surface area contributed by atoms with Crippen molar-refractivity contribution in [2.45, 2.75) is 24.4 Å². The fraction of sp³-hybridized carbons (Fsp3) is 0.346. The van der Waals surface area contributed by atoms with Crippen LogP contribution in [-0.4, -0.2) is 53.9 Å². The number of ether oxygens (including phenoxy) is 1. The van der Waals surface area contributed by atoms with Crippen LogP contribution in [0, 0.1) is 11.8 Å². The highest BCUT2D eigenvalue weighted by molar-refractivity contribution is 6.31. The first-order valence-electron chi connectivity index (χ1n) is 11.7. The van der Waals surface area contributed by atoms with Gasteiger partial charge in [0.25, 0.3) is 0 Å². The van der Waals surface area contributed by atoms with E-state index in [4.69, 9.17) is 16.3 Å². The van der Waals surface area contributed by atoms with Crippen molar-refractivity contribution in [3.63, 3.8) is 0 Å². The van der Waals surface area contributed by atoms with Crippen LogP contribution in [0.15, 0.2) is 48.7 Å². The number of hydrogen-bond donors (Lipinski definition) is 3. The van der Waals surface area contributed by atoms with Crippen LogP contribution >= 0.6 is 11.6 Å². The van der Waals surface area contributed by atoms with Crippen molar-refractivity contribution in [1.29, 1.82) is 0 Å². The fourth-order valence-corrected chi connectivity index (χ4v) is 6.31. The predicted molar refractivity (Wildman–Crippen MR) is 131 cm³/mol. The maximum atomic E-state index is 13.8. The van der Waals surface area contributed by atoms with Crippen molar-refractivity contribution in [1.82, 2.24) is 15.2 Å². The summed E-state index contributed by atoms with van der Waals surface area (Å²) < 4.78 is 5.12. The lowest BCUT2D eigenvalue weighted by molar-refractivity contribution is -0.143. The molecular weight excluding hydrogens is 468 g/mol. The average Bonchev–Trinajstić information content (AvgIpc) is 3.55. The zero-order chi connectivity index (χ0) is 24.3. The Balaban J connectivity index is 1.45. The van der Waals surface area contributed by atoms with Crippen LogP contribution in [0.4, 0.5) is 5.69 Å². The highest BCUT2D eigenvalue weighted by Gasteiger charge is 2.70. The van der Waals surface area contributed by atoms with Crippen LogP contribution in [-0.2, 0) is 31.1 Å². The van der Waals surface area contributed by atoms with Crippen molar-refractivity contribution in [2.24, 2.45) is 11.8 Å². The molecule has 1 aromatic heterocycles. The van der Waals surface area contributed by atoms with Crippen molar-refractivity contribution >= 4 is 45.9 Å². The summed E-state index contributed by atoms with van der Waals surface area (Å²) in [7, 11) is 1.59. The number of fused-ring (bicyclic) bond motifs is 5. The van der Waals surface area contributed by atoms with E-state index in [0.717, 1.165) is 16.5 Å². The van der Waals surface area contributed by atoms with Crippen LogP contribution in [0.25, 0.3) is 10.9 Å². The summed E-state index contributed by atoms with van der Waals surface area (Å²) in [6.07, 6.45) is 2.96. The van der Waals surface area contributed by atoms with Gasteiger partial charge in [-0.15, -0.1) is 0 Å². The second kappa shape index (κ2) is 8.19. The van der Waals surface area contributed by atoms with E-state index in [0.29, 0.717) is 35.7 Å². The Labute approximate surface area is 207 Å². The molecule has 0 unspecified atom stereocenters. The number of aromatic nitrogens is 1. The zero-order valence-electron chi connectivity index (χ0n) is 19.1. The molecule has 1 spiro atoms. The van der Waals surface area contributed by atoms with Gasteiger partial charge < -0.3 is 15.0 Å². The number of anilines is 1. The molecule has 2 saturated heterocycles. The molecule has 0 saturated carbocycles. The molecule has 35 heavy (non-hydrogen) atoms. The molecule has 3 aromatic rings. The highest BCUT2D eigenvalue weighted by Crippen LogP contribution is 2.53. The SMILES string of the molecule is COCCCN1C(=O)[C@@H]2[C@H](Cc3c[nH]c4ccccc34)N[C@@]3(C(=O)Nc4ccc(Cl)cc43)[C@@H]2C1=O. The number of hydrogen-bond acceptors (Lipinski definition) is 5. The van der Waals surface area contributed by atoms with Crippen LogP contribution in [0.1, 0.15) is 17.5 Å². The average molecular weight is 493 g/mol. The predicted octanol–water partition coefficient (Wildman–Crippen LogP) is 2.82. The fourth-order valence-electron chi connectivity index (χ4n) is 6.13. The third-order valence-electron chi connectivity index (χ3n) is 7.61. The lowest BCUT2D eigenvalue weighted by atomic mass is 9.76. The minimum Gasteiger partial charge on any atom is -0.385 e. The number of carbonyl (C=O) groups is 3. The molecule has 0 aliphatic carbocycles. The van der Waals surface area contributed by atoms with E-state index in [1.165, 1.54) is 4.90 Å². The number of H-pyrrole nitrogens is 1. The quantitative estimate of drug-likeness (QED) is 0.362. The Kier molecular flexibility index (Phi) is 5.21. The molecule has 2 aromatic carbocycles. The van der Waals surface area contributed by atoms with E-state index in [-0.39, 0.29) is 24.3 Å². The minimum atomic E-state index is -1.36. The molecule has 8 nitrogen and oxygen atoms in total. The van der Waals surface area contributed by atoms with E-state index in [1.54, 1.807) is 25.3 Å². The van der Waals surface area contributed by atoms with Gasteiger partial charge in [0, 0.05) is 59.7 Å². The van der Waals surface area contributed by atoms with Gasteiger partial charge in [-0.2, -0.15) is 0 Å². The van der Waals surface area contributed by atoms with Gasteiger partial charge in [0.15, 0.2) is 0 Å². The van der Waals surface area contributed by atoms with E-state index in [2.05, 4.69) is 15.6 Å². The second-order valence-electron chi connectivity index (χ2n) is 9.44. The number of nitrogens with one attached hydrogen (secondary N) is 3. The number of halogens is 1. The number of aromatic amines is 1. The normalized spacial score (nSPS) is 27.2. The van der Waals surface area contributed by atoms with Gasteiger partial charge in [0.05, 0.1) is 11.8 Å². The Morgan fingerprint density at radius 2 is 1.94 bits per heavy atom. The molecule has 3 aliphatic rings. The van der Waals surface area contributed by atoms with Gasteiger partial charge in [0.2, 0.25) is 17.7 Å². The summed E-state index contributed by atoms with van der Waals surface area (Å²) in [6.45, 7) is 0.700. The topological polar surface area (TPSA) is 104 Å². The van der Waals surface area contributed by atoms with Gasteiger partial charge in [-0.1, -0.05) is 29.8 Å². The number of carbonyl (C=O) groups excluding carboxylic acids is 3. The van der Waals surface area contributed by atoms with E-state index in [1.807, 2.05) is 30.5 Å². The molecule has 0 radical (unpaired) electrons. The summed E-state index contributed by atoms with van der Waals surface area (Å²) in [6, 6.07) is 12.7. The largest absolute Gasteiger partial charge is 0.385 e. The Morgan fingerprint density at radius 1 is 1.11 bits per heavy atom. The first-order valence-corrected chi connectivity index (χ1v) is 12.1. The van der Waals surface area contributed by atoms with Crippen molar-refractivity contribution in [2.75, 3.05) is 25.6 Å². The molecule has 2 fully saturated rings. The summed E-state index contributed by atoms with van der Waals surface area (Å²) in [5.74, 6) is -2.42. The summed E-state index contributed by atoms with van der Waals surface area (Å²) >= 11 is 6.32. The molecule has 6 rings (SSSR count). The lowest BCUT2D eigenvalue weighted by Gasteiger charge is -2.29. The molecule has 4 heterocycles. The van der Waals surface area contributed by atoms with Crippen molar-refractivity contribution in [3.8, 4) is 0 Å². The van der Waals surface area contributed by atoms with Crippen LogP contribution in [0.3, 0.4) is 0 Å². The third kappa shape index (κ3) is 3.17. The number of imide groups is 1. The molecule has 3 N–H and O–H groups in total. The van der Waals surface area contributed by atoms with Gasteiger partial charge in [0.1, 0.15) is 5.54 Å². The molecule has 3 amide bonds. The molecular formula is C26H25ClN4O4. The first kappa shape index (κ1) is 22.3. The highest BCUT2D eigenvalue weighted by atomic mass is 35.5. The van der Waals surface area contributed by atoms with Crippen molar-refractivity contribution in [3.05, 3.63) is 64.8 Å². The van der Waals surface area contributed by atoms with Gasteiger partial charge in [-0.05, 0) is 42.7 Å². The van der Waals surface area contributed by atoms with E-state index < -0.39 is 23.4 Å². The van der Waals surface area contributed by atoms with Gasteiger partial charge >= 0.3 is 0 Å². The van der Waals surface area contributed by atoms with Gasteiger partial charge in [-0.25, -0.2) is 0 Å². The van der Waals surface area contributed by atoms with Crippen molar-refractivity contribution < 1.29 is 19.1 Å². The number of para-hydroxylation sites is 1. The minimum absolute atomic E-state index is 0.242. The molecule has 0 bridgehead atoms. The monoisotopic (exact) mass is 492 g/mol. The van der Waals surface area contributed by atoms with Crippen LogP contribution in [0.2, 0.25) is 5.02 Å². The second-order valence-corrected chi connectivity index (χ2v) is 9.88. The molecule has 3 aliphatic heterocycles. The standard InChI is InChI=1S/C26H25ClN4O4/c1-35-10-4-9-31-23(32)21-20(11-14-13-28-18-6-3-2-5-16(14)18)30-26(22(21)24(31)33)17-12-15(27)7-8-19(17)29-25(26)34/h2-3,5-8,12-13,20-22,28,30H,4,9-11H2,1H3,(H,29,34)/t20-,21+,22-,26+/m0/s1. The number of methoxy groups -OCH3 is 1. The van der Waals surface area contributed by atoms with E-state index >= 15 is 0 Å². The number of amides is 3. The Bertz CT molecular complexity index is 1370. The summed E-state index contributed by atoms with van der Waals surface area (Å²) in [5.41, 5.74) is 1.89. The van der Waals surface area contributed by atoms with Crippen LogP contribution < -0.4 is 10.6 Å².